The monoisotopic (exact) mass is 298 g/mol. The van der Waals surface area contributed by atoms with E-state index in [0.29, 0.717) is 0 Å². The molecule has 0 aromatic heterocycles. The third kappa shape index (κ3) is 3.16. The highest BCUT2D eigenvalue weighted by Gasteiger charge is 2.15. The first-order valence-electron chi connectivity index (χ1n) is 5.29. The van der Waals surface area contributed by atoms with Gasteiger partial charge < -0.3 is 11.1 Å². The topological polar surface area (TPSA) is 55.1 Å². The Hall–Kier alpha value is -1.78. The first kappa shape index (κ1) is 13.6. The van der Waals surface area contributed by atoms with Crippen LogP contribution in [0.1, 0.15) is 10.4 Å². The lowest BCUT2D eigenvalue weighted by Crippen LogP contribution is -2.13. The predicted molar refractivity (Wildman–Crippen MR) is 75.2 cm³/mol. The summed E-state index contributed by atoms with van der Waals surface area (Å²) in [6, 6.07) is 8.45. The number of benzene rings is 2. The molecule has 0 spiro atoms. The van der Waals surface area contributed by atoms with Gasteiger partial charge in [0.25, 0.3) is 5.91 Å². The largest absolute Gasteiger partial charge is 0.399 e. The van der Waals surface area contributed by atoms with Gasteiger partial charge in [0.2, 0.25) is 0 Å². The normalized spacial score (nSPS) is 10.3. The van der Waals surface area contributed by atoms with Gasteiger partial charge in [-0.2, -0.15) is 0 Å². The van der Waals surface area contributed by atoms with E-state index in [2.05, 4.69) is 5.32 Å². The molecule has 0 saturated carbocycles. The van der Waals surface area contributed by atoms with Crippen molar-refractivity contribution in [1.82, 2.24) is 0 Å². The van der Waals surface area contributed by atoms with Crippen LogP contribution in [0, 0.1) is 5.82 Å². The summed E-state index contributed by atoms with van der Waals surface area (Å²) < 4.78 is 13.2. The van der Waals surface area contributed by atoms with Crippen LogP contribution in [0.5, 0.6) is 0 Å². The molecular weight excluding hydrogens is 290 g/mol. The summed E-state index contributed by atoms with van der Waals surface area (Å²) in [5.74, 6) is -1.07. The Morgan fingerprint density at radius 3 is 2.37 bits per heavy atom. The average Bonchev–Trinajstić information content (AvgIpc) is 2.26. The summed E-state index contributed by atoms with van der Waals surface area (Å²) in [5.41, 5.74) is 6.07. The molecule has 1 amide bonds. The Labute approximate surface area is 119 Å². The van der Waals surface area contributed by atoms with Gasteiger partial charge in [-0.1, -0.05) is 29.3 Å². The molecule has 6 heteroatoms. The summed E-state index contributed by atoms with van der Waals surface area (Å²) in [5, 5.41) is 2.93. The maximum Gasteiger partial charge on any atom is 0.258 e. The summed E-state index contributed by atoms with van der Waals surface area (Å²) in [7, 11) is 0. The lowest BCUT2D eigenvalue weighted by Gasteiger charge is -2.09. The lowest BCUT2D eigenvalue weighted by atomic mass is 10.2. The molecule has 3 N–H and O–H groups in total. The molecule has 98 valence electrons. The highest BCUT2D eigenvalue weighted by Crippen LogP contribution is 2.25. The zero-order chi connectivity index (χ0) is 14.0. The van der Waals surface area contributed by atoms with Gasteiger partial charge in [-0.3, -0.25) is 4.79 Å². The smallest absolute Gasteiger partial charge is 0.258 e. The van der Waals surface area contributed by atoms with Crippen molar-refractivity contribution in [2.75, 3.05) is 11.1 Å². The van der Waals surface area contributed by atoms with Crippen LogP contribution in [-0.2, 0) is 0 Å². The van der Waals surface area contributed by atoms with Crippen molar-refractivity contribution in [3.05, 3.63) is 57.8 Å². The van der Waals surface area contributed by atoms with Crippen LogP contribution in [0.15, 0.2) is 36.4 Å². The quantitative estimate of drug-likeness (QED) is 0.824. The SMILES string of the molecule is Nc1cc(F)cc(NC(=O)c2c(Cl)cccc2Cl)c1. The van der Waals surface area contributed by atoms with Crippen molar-refractivity contribution in [2.24, 2.45) is 0 Å². The first-order valence-corrected chi connectivity index (χ1v) is 6.04. The molecule has 2 aromatic rings. The fourth-order valence-electron chi connectivity index (χ4n) is 1.59. The molecule has 0 radical (unpaired) electrons. The molecule has 0 heterocycles. The molecule has 2 aromatic carbocycles. The standard InChI is InChI=1S/C13H9Cl2FN2O/c14-10-2-1-3-11(15)12(10)13(19)18-9-5-7(16)4-8(17)6-9/h1-6H,17H2,(H,18,19). The molecule has 0 saturated heterocycles. The fourth-order valence-corrected chi connectivity index (χ4v) is 2.16. The number of rotatable bonds is 2. The number of nitrogen functional groups attached to an aromatic ring is 1. The van der Waals surface area contributed by atoms with Crippen molar-refractivity contribution < 1.29 is 9.18 Å². The lowest BCUT2D eigenvalue weighted by molar-refractivity contribution is 0.102. The molecule has 0 aliphatic heterocycles. The Kier molecular flexibility index (Phi) is 3.93. The summed E-state index contributed by atoms with van der Waals surface area (Å²) in [6.45, 7) is 0. The minimum absolute atomic E-state index is 0.133. The van der Waals surface area contributed by atoms with Crippen LogP contribution in [-0.4, -0.2) is 5.91 Å². The molecular formula is C13H9Cl2FN2O. The molecule has 3 nitrogen and oxygen atoms in total. The van der Waals surface area contributed by atoms with Crippen LogP contribution in [0.3, 0.4) is 0 Å². The van der Waals surface area contributed by atoms with Crippen molar-refractivity contribution in [3.8, 4) is 0 Å². The van der Waals surface area contributed by atoms with E-state index < -0.39 is 11.7 Å². The molecule has 0 atom stereocenters. The van der Waals surface area contributed by atoms with Crippen LogP contribution in [0.25, 0.3) is 0 Å². The molecule has 0 bridgehead atoms. The zero-order valence-corrected chi connectivity index (χ0v) is 11.1. The first-order chi connectivity index (χ1) is 8.97. The number of hydrogen-bond donors (Lipinski definition) is 2. The number of nitrogens with two attached hydrogens (primary N) is 1. The average molecular weight is 299 g/mol. The van der Waals surface area contributed by atoms with Gasteiger partial charge in [-0.15, -0.1) is 0 Å². The second kappa shape index (κ2) is 5.47. The van der Waals surface area contributed by atoms with Gasteiger partial charge in [0.15, 0.2) is 0 Å². The number of nitrogens with one attached hydrogen (secondary N) is 1. The second-order valence-corrected chi connectivity index (χ2v) is 4.64. The Bertz CT molecular complexity index is 606. The predicted octanol–water partition coefficient (Wildman–Crippen LogP) is 3.97. The summed E-state index contributed by atoms with van der Waals surface area (Å²) in [6.07, 6.45) is 0. The van der Waals surface area contributed by atoms with Crippen LogP contribution >= 0.6 is 23.2 Å². The number of amides is 1. The minimum Gasteiger partial charge on any atom is -0.399 e. The van der Waals surface area contributed by atoms with Gasteiger partial charge in [0.1, 0.15) is 5.82 Å². The zero-order valence-electron chi connectivity index (χ0n) is 9.58. The number of hydrogen-bond acceptors (Lipinski definition) is 2. The maximum absolute atomic E-state index is 13.2. The maximum atomic E-state index is 13.2. The van der Waals surface area contributed by atoms with Crippen molar-refractivity contribution in [2.45, 2.75) is 0 Å². The molecule has 2 rings (SSSR count). The Morgan fingerprint density at radius 1 is 1.16 bits per heavy atom. The van der Waals surface area contributed by atoms with Crippen LogP contribution in [0.2, 0.25) is 10.0 Å². The highest BCUT2D eigenvalue weighted by atomic mass is 35.5. The molecule has 0 unspecified atom stereocenters. The van der Waals surface area contributed by atoms with E-state index in [1.54, 1.807) is 18.2 Å². The third-order valence-electron chi connectivity index (χ3n) is 2.37. The van der Waals surface area contributed by atoms with Gasteiger partial charge >= 0.3 is 0 Å². The van der Waals surface area contributed by atoms with Gasteiger partial charge in [0.05, 0.1) is 15.6 Å². The molecule has 0 aliphatic rings. The number of anilines is 2. The number of carbonyl (C=O) groups excluding carboxylic acids is 1. The Morgan fingerprint density at radius 2 is 1.79 bits per heavy atom. The minimum atomic E-state index is -0.541. The molecule has 19 heavy (non-hydrogen) atoms. The van der Waals surface area contributed by atoms with E-state index in [1.165, 1.54) is 6.07 Å². The van der Waals surface area contributed by atoms with Gasteiger partial charge in [-0.05, 0) is 30.3 Å². The summed E-state index contributed by atoms with van der Waals surface area (Å²) in [4.78, 5) is 12.0. The van der Waals surface area contributed by atoms with Crippen LogP contribution < -0.4 is 11.1 Å². The highest BCUT2D eigenvalue weighted by molar-refractivity contribution is 6.40. The van der Waals surface area contributed by atoms with E-state index in [-0.39, 0.29) is 27.0 Å². The summed E-state index contributed by atoms with van der Waals surface area (Å²) >= 11 is 11.8. The molecule has 0 aliphatic carbocycles. The number of carbonyl (C=O) groups is 1. The van der Waals surface area contributed by atoms with E-state index in [9.17, 15) is 9.18 Å². The molecule has 0 fully saturated rings. The second-order valence-electron chi connectivity index (χ2n) is 3.82. The van der Waals surface area contributed by atoms with E-state index >= 15 is 0 Å². The number of halogens is 3. The van der Waals surface area contributed by atoms with E-state index in [1.807, 2.05) is 0 Å². The van der Waals surface area contributed by atoms with Gasteiger partial charge in [-0.25, -0.2) is 4.39 Å². The Balaban J connectivity index is 2.31. The van der Waals surface area contributed by atoms with E-state index in [0.717, 1.165) is 12.1 Å². The van der Waals surface area contributed by atoms with Crippen molar-refractivity contribution >= 4 is 40.5 Å². The van der Waals surface area contributed by atoms with Crippen molar-refractivity contribution in [1.29, 1.82) is 0 Å². The fraction of sp³-hybridized carbons (Fsp3) is 0. The van der Waals surface area contributed by atoms with E-state index in [4.69, 9.17) is 28.9 Å². The van der Waals surface area contributed by atoms with Crippen molar-refractivity contribution in [3.63, 3.8) is 0 Å². The van der Waals surface area contributed by atoms with Gasteiger partial charge in [0, 0.05) is 11.4 Å². The third-order valence-corrected chi connectivity index (χ3v) is 3.00. The van der Waals surface area contributed by atoms with Crippen LogP contribution in [0.4, 0.5) is 15.8 Å².